The number of nitriles is 1. The first-order chi connectivity index (χ1) is 16.8. The molecule has 1 aliphatic rings. The second-order valence-corrected chi connectivity index (χ2v) is 8.64. The number of halogens is 3. The fourth-order valence-corrected chi connectivity index (χ4v) is 4.09. The van der Waals surface area contributed by atoms with Gasteiger partial charge in [0.1, 0.15) is 17.6 Å². The molecule has 4 rings (SSSR count). The van der Waals surface area contributed by atoms with E-state index in [0.717, 1.165) is 31.7 Å². The normalized spacial score (nSPS) is 15.5. The first-order valence-electron chi connectivity index (χ1n) is 11.0. The molecule has 0 bridgehead atoms. The molecule has 1 N–H and O–H groups in total. The van der Waals surface area contributed by atoms with Gasteiger partial charge in [-0.05, 0) is 48.7 Å². The van der Waals surface area contributed by atoms with Gasteiger partial charge in [0.2, 0.25) is 0 Å². The zero-order valence-electron chi connectivity index (χ0n) is 18.8. The molecule has 1 fully saturated rings. The molecular formula is C25H22ClF2N5O2. The monoisotopic (exact) mass is 497 g/mol. The highest BCUT2D eigenvalue weighted by atomic mass is 35.5. The molecule has 0 unspecified atom stereocenters. The number of alkyl halides is 3. The molecule has 10 heteroatoms. The Morgan fingerprint density at radius 1 is 1.29 bits per heavy atom. The average molecular weight is 498 g/mol. The summed E-state index contributed by atoms with van der Waals surface area (Å²) < 4.78 is 29.9. The van der Waals surface area contributed by atoms with Crippen LogP contribution in [0.4, 0.5) is 20.3 Å². The summed E-state index contributed by atoms with van der Waals surface area (Å²) in [5.74, 6) is 0.732. The number of carbonyl (C=O) groups is 1. The van der Waals surface area contributed by atoms with Gasteiger partial charge in [-0.1, -0.05) is 13.3 Å². The second-order valence-electron chi connectivity index (χ2n) is 8.20. The SMILES string of the molecule is CC[C@H]1CCN(c2ncc(C(=O)Nc3ccc(OC(F)(F)Cl)cc3)cc2-c2cncc(C#N)c2)C1. The van der Waals surface area contributed by atoms with Gasteiger partial charge in [0.15, 0.2) is 0 Å². The number of amides is 1. The Morgan fingerprint density at radius 3 is 2.71 bits per heavy atom. The predicted octanol–water partition coefficient (Wildman–Crippen LogP) is 5.67. The smallest absolute Gasteiger partial charge is 0.420 e. The standard InChI is InChI=1S/C25H22ClF2N5O2/c1-2-16-7-8-33(15-16)23-22(18-9-17(11-29)12-30-13-18)10-19(14-31-23)24(34)32-20-3-5-21(6-4-20)35-25(26,27)28/h3-6,9-10,12-14,16H,2,7-8,15H2,1H3,(H,32,34)/t16-/m0/s1. The number of nitrogens with one attached hydrogen (secondary N) is 1. The molecular weight excluding hydrogens is 476 g/mol. The molecule has 1 saturated heterocycles. The zero-order valence-corrected chi connectivity index (χ0v) is 19.6. The van der Waals surface area contributed by atoms with E-state index in [1.165, 1.54) is 36.7 Å². The predicted molar refractivity (Wildman–Crippen MR) is 129 cm³/mol. The van der Waals surface area contributed by atoms with E-state index in [1.54, 1.807) is 18.3 Å². The van der Waals surface area contributed by atoms with E-state index in [2.05, 4.69) is 37.9 Å². The van der Waals surface area contributed by atoms with Crippen molar-refractivity contribution in [3.05, 3.63) is 66.1 Å². The Hall–Kier alpha value is -3.77. The van der Waals surface area contributed by atoms with E-state index >= 15 is 0 Å². The molecule has 0 aliphatic carbocycles. The third-order valence-corrected chi connectivity index (χ3v) is 5.89. The summed E-state index contributed by atoms with van der Waals surface area (Å²) in [6.45, 7) is 3.88. The van der Waals surface area contributed by atoms with E-state index < -0.39 is 11.5 Å². The van der Waals surface area contributed by atoms with Crippen LogP contribution >= 0.6 is 11.6 Å². The van der Waals surface area contributed by atoms with E-state index in [-0.39, 0.29) is 5.75 Å². The van der Waals surface area contributed by atoms with Crippen LogP contribution in [0.3, 0.4) is 0 Å². The van der Waals surface area contributed by atoms with Gasteiger partial charge in [-0.3, -0.25) is 9.78 Å². The lowest BCUT2D eigenvalue weighted by Crippen LogP contribution is -2.22. The van der Waals surface area contributed by atoms with Gasteiger partial charge < -0.3 is 15.0 Å². The number of benzene rings is 1. The largest absolute Gasteiger partial charge is 0.487 e. The fourth-order valence-electron chi connectivity index (χ4n) is 4.00. The topological polar surface area (TPSA) is 91.1 Å². The van der Waals surface area contributed by atoms with Crippen molar-refractivity contribution in [2.75, 3.05) is 23.3 Å². The molecule has 2 aromatic heterocycles. The number of ether oxygens (including phenoxy) is 1. The van der Waals surface area contributed by atoms with Crippen LogP contribution in [0.2, 0.25) is 0 Å². The van der Waals surface area contributed by atoms with Crippen molar-refractivity contribution >= 4 is 29.0 Å². The van der Waals surface area contributed by atoms with Gasteiger partial charge in [0.25, 0.3) is 5.91 Å². The van der Waals surface area contributed by atoms with Crippen LogP contribution in [-0.2, 0) is 0 Å². The molecule has 1 amide bonds. The molecule has 7 nitrogen and oxygen atoms in total. The number of anilines is 2. The lowest BCUT2D eigenvalue weighted by atomic mass is 10.0. The Morgan fingerprint density at radius 2 is 2.06 bits per heavy atom. The van der Waals surface area contributed by atoms with E-state index in [1.807, 2.05) is 0 Å². The van der Waals surface area contributed by atoms with Crippen LogP contribution in [-0.4, -0.2) is 34.5 Å². The summed E-state index contributed by atoms with van der Waals surface area (Å²) in [5, 5.41) is 12.0. The minimum Gasteiger partial charge on any atom is -0.420 e. The van der Waals surface area contributed by atoms with E-state index in [4.69, 9.17) is 11.6 Å². The van der Waals surface area contributed by atoms with Crippen LogP contribution in [0.1, 0.15) is 35.7 Å². The quantitative estimate of drug-likeness (QED) is 0.423. The van der Waals surface area contributed by atoms with Crippen molar-refractivity contribution in [2.45, 2.75) is 25.3 Å². The van der Waals surface area contributed by atoms with Crippen molar-refractivity contribution in [1.29, 1.82) is 5.26 Å². The molecule has 0 spiro atoms. The summed E-state index contributed by atoms with van der Waals surface area (Å²) in [5.41, 5.74) is -1.36. The zero-order chi connectivity index (χ0) is 25.0. The van der Waals surface area contributed by atoms with E-state index in [0.29, 0.717) is 33.9 Å². The van der Waals surface area contributed by atoms with Crippen LogP contribution in [0.5, 0.6) is 5.75 Å². The molecule has 35 heavy (non-hydrogen) atoms. The van der Waals surface area contributed by atoms with Crippen LogP contribution in [0.15, 0.2) is 55.0 Å². The lowest BCUT2D eigenvalue weighted by Gasteiger charge is -2.21. The summed E-state index contributed by atoms with van der Waals surface area (Å²) in [4.78, 5) is 23.9. The van der Waals surface area contributed by atoms with Gasteiger partial charge in [-0.25, -0.2) is 4.98 Å². The Labute approximate surface area is 206 Å². The third-order valence-electron chi connectivity index (χ3n) is 5.82. The summed E-state index contributed by atoms with van der Waals surface area (Å²) in [6, 6.07) is 10.9. The van der Waals surface area contributed by atoms with Crippen LogP contribution in [0, 0.1) is 17.2 Å². The highest BCUT2D eigenvalue weighted by Crippen LogP contribution is 2.34. The minimum absolute atomic E-state index is 0.142. The van der Waals surface area contributed by atoms with Crippen molar-refractivity contribution < 1.29 is 18.3 Å². The lowest BCUT2D eigenvalue weighted by molar-refractivity contribution is -0.0964. The average Bonchev–Trinajstić information content (AvgIpc) is 3.33. The van der Waals surface area contributed by atoms with Gasteiger partial charge in [-0.2, -0.15) is 5.26 Å². The first-order valence-corrected chi connectivity index (χ1v) is 11.4. The van der Waals surface area contributed by atoms with Gasteiger partial charge in [-0.15, -0.1) is 8.78 Å². The summed E-state index contributed by atoms with van der Waals surface area (Å²) in [6.07, 6.45) is 6.75. The number of nitrogens with zero attached hydrogens (tertiary/aromatic N) is 4. The maximum absolute atomic E-state index is 13.0. The highest BCUT2D eigenvalue weighted by Gasteiger charge is 2.28. The second kappa shape index (κ2) is 10.2. The third kappa shape index (κ3) is 6.03. The summed E-state index contributed by atoms with van der Waals surface area (Å²) >= 11 is 4.77. The number of rotatable bonds is 7. The van der Waals surface area contributed by atoms with Crippen molar-refractivity contribution in [2.24, 2.45) is 5.92 Å². The number of hydrogen-bond acceptors (Lipinski definition) is 6. The summed E-state index contributed by atoms with van der Waals surface area (Å²) in [7, 11) is 0. The number of aromatic nitrogens is 2. The van der Waals surface area contributed by atoms with Gasteiger partial charge >= 0.3 is 5.57 Å². The first kappa shape index (κ1) is 24.4. The van der Waals surface area contributed by atoms with Gasteiger partial charge in [0, 0.05) is 60.1 Å². The molecule has 180 valence electrons. The number of carbonyl (C=O) groups excluding carboxylic acids is 1. The molecule has 0 saturated carbocycles. The molecule has 3 aromatic rings. The molecule has 0 radical (unpaired) electrons. The molecule has 1 aliphatic heterocycles. The molecule has 1 atom stereocenters. The van der Waals surface area contributed by atoms with Crippen LogP contribution < -0.4 is 15.0 Å². The maximum atomic E-state index is 13.0. The fraction of sp³-hybridized carbons (Fsp3) is 0.280. The minimum atomic E-state index is -3.82. The van der Waals surface area contributed by atoms with Crippen molar-refractivity contribution in [1.82, 2.24) is 9.97 Å². The number of hydrogen-bond donors (Lipinski definition) is 1. The van der Waals surface area contributed by atoms with Crippen LogP contribution in [0.25, 0.3) is 11.1 Å². The van der Waals surface area contributed by atoms with E-state index in [9.17, 15) is 18.8 Å². The Kier molecular flexibility index (Phi) is 7.12. The molecule has 3 heterocycles. The van der Waals surface area contributed by atoms with Gasteiger partial charge in [0.05, 0.1) is 11.1 Å². The van der Waals surface area contributed by atoms with Crippen molar-refractivity contribution in [3.8, 4) is 22.9 Å². The highest BCUT2D eigenvalue weighted by molar-refractivity contribution is 6.20. The van der Waals surface area contributed by atoms with Crippen molar-refractivity contribution in [3.63, 3.8) is 0 Å². The molecule has 1 aromatic carbocycles. The number of pyridine rings is 2. The Balaban J connectivity index is 1.62. The Bertz CT molecular complexity index is 1260. The maximum Gasteiger partial charge on any atom is 0.487 e.